The van der Waals surface area contributed by atoms with Gasteiger partial charge in [0.25, 0.3) is 0 Å². The van der Waals surface area contributed by atoms with Crippen LogP contribution in [0, 0.1) is 31.1 Å². The van der Waals surface area contributed by atoms with Crippen molar-refractivity contribution in [3.8, 4) is 11.8 Å². The fourth-order valence-corrected chi connectivity index (χ4v) is 4.77. The van der Waals surface area contributed by atoms with Crippen molar-refractivity contribution in [3.63, 3.8) is 0 Å². The third-order valence-corrected chi connectivity index (χ3v) is 6.27. The molecule has 1 saturated carbocycles. The first-order chi connectivity index (χ1) is 12.8. The molecule has 1 aliphatic heterocycles. The van der Waals surface area contributed by atoms with Gasteiger partial charge in [0, 0.05) is 37.4 Å². The van der Waals surface area contributed by atoms with Gasteiger partial charge in [0.1, 0.15) is 11.7 Å². The monoisotopic (exact) mass is 365 g/mol. The van der Waals surface area contributed by atoms with Gasteiger partial charge in [-0.3, -0.25) is 14.4 Å². The Bertz CT molecular complexity index is 840. The highest BCUT2D eigenvalue weighted by Crippen LogP contribution is 2.47. The molecule has 1 aromatic carbocycles. The molecule has 1 heterocycles. The summed E-state index contributed by atoms with van der Waals surface area (Å²) in [7, 11) is 0. The van der Waals surface area contributed by atoms with Crippen LogP contribution in [0.2, 0.25) is 0 Å². The molecule has 2 fully saturated rings. The Morgan fingerprint density at radius 2 is 1.70 bits per heavy atom. The van der Waals surface area contributed by atoms with Crippen LogP contribution in [-0.2, 0) is 14.4 Å². The largest absolute Gasteiger partial charge is 0.343 e. The Labute approximate surface area is 161 Å². The SMILES string of the molecule is CC#Cc1cc(C)c(C2C(=O)CCC3(CCN(C(C)=O)CC3)C2=O)c(C)c1. The minimum atomic E-state index is -0.675. The van der Waals surface area contributed by atoms with E-state index in [9.17, 15) is 14.4 Å². The lowest BCUT2D eigenvalue weighted by atomic mass is 9.61. The summed E-state index contributed by atoms with van der Waals surface area (Å²) in [5.74, 6) is 5.42. The lowest BCUT2D eigenvalue weighted by Gasteiger charge is -2.44. The van der Waals surface area contributed by atoms with Crippen molar-refractivity contribution < 1.29 is 14.4 Å². The van der Waals surface area contributed by atoms with Gasteiger partial charge < -0.3 is 4.90 Å². The highest BCUT2D eigenvalue weighted by molar-refractivity contribution is 6.12. The zero-order chi connectivity index (χ0) is 19.8. The van der Waals surface area contributed by atoms with E-state index in [0.717, 1.165) is 22.3 Å². The molecular formula is C23H27NO3. The van der Waals surface area contributed by atoms with E-state index in [1.165, 1.54) is 0 Å². The van der Waals surface area contributed by atoms with Crippen molar-refractivity contribution in [1.82, 2.24) is 4.90 Å². The van der Waals surface area contributed by atoms with Crippen LogP contribution in [0.4, 0.5) is 0 Å². The number of aryl methyl sites for hydroxylation is 2. The van der Waals surface area contributed by atoms with Gasteiger partial charge in [-0.2, -0.15) is 0 Å². The Balaban J connectivity index is 1.96. The molecule has 3 rings (SSSR count). The maximum Gasteiger partial charge on any atom is 0.219 e. The maximum absolute atomic E-state index is 13.6. The molecule has 0 aromatic heterocycles. The molecule has 1 unspecified atom stereocenters. The van der Waals surface area contributed by atoms with Crippen molar-refractivity contribution >= 4 is 17.5 Å². The van der Waals surface area contributed by atoms with E-state index in [0.29, 0.717) is 38.8 Å². The fraction of sp³-hybridized carbons (Fsp3) is 0.522. The van der Waals surface area contributed by atoms with E-state index >= 15 is 0 Å². The smallest absolute Gasteiger partial charge is 0.219 e. The first-order valence-corrected chi connectivity index (χ1v) is 9.65. The zero-order valence-corrected chi connectivity index (χ0v) is 16.6. The predicted molar refractivity (Wildman–Crippen MR) is 104 cm³/mol. The number of carbonyl (C=O) groups is 3. The Morgan fingerprint density at radius 1 is 1.11 bits per heavy atom. The number of nitrogens with zero attached hydrogens (tertiary/aromatic N) is 1. The second-order valence-electron chi connectivity index (χ2n) is 7.95. The molecule has 27 heavy (non-hydrogen) atoms. The summed E-state index contributed by atoms with van der Waals surface area (Å²) >= 11 is 0. The van der Waals surface area contributed by atoms with Gasteiger partial charge in [-0.25, -0.2) is 0 Å². The third-order valence-electron chi connectivity index (χ3n) is 6.27. The molecule has 1 amide bonds. The van der Waals surface area contributed by atoms with Gasteiger partial charge in [-0.15, -0.1) is 5.92 Å². The fourth-order valence-electron chi connectivity index (χ4n) is 4.77. The summed E-state index contributed by atoms with van der Waals surface area (Å²) in [6.07, 6.45) is 2.37. The summed E-state index contributed by atoms with van der Waals surface area (Å²) in [4.78, 5) is 39.8. The number of carbonyl (C=O) groups excluding carboxylic acids is 3. The van der Waals surface area contributed by atoms with E-state index in [1.807, 2.05) is 26.0 Å². The lowest BCUT2D eigenvalue weighted by molar-refractivity contribution is -0.146. The van der Waals surface area contributed by atoms with Crippen molar-refractivity contribution in [3.05, 3.63) is 34.4 Å². The summed E-state index contributed by atoms with van der Waals surface area (Å²) in [5.41, 5.74) is 3.22. The number of benzene rings is 1. The number of likely N-dealkylation sites (tertiary alicyclic amines) is 1. The second-order valence-corrected chi connectivity index (χ2v) is 7.95. The number of ketones is 2. The van der Waals surface area contributed by atoms with E-state index < -0.39 is 11.3 Å². The van der Waals surface area contributed by atoms with Crippen molar-refractivity contribution in [2.75, 3.05) is 13.1 Å². The van der Waals surface area contributed by atoms with Crippen LogP contribution in [0.25, 0.3) is 0 Å². The Kier molecular flexibility index (Phi) is 5.24. The van der Waals surface area contributed by atoms with E-state index in [-0.39, 0.29) is 17.5 Å². The number of hydrogen-bond donors (Lipinski definition) is 0. The van der Waals surface area contributed by atoms with E-state index in [4.69, 9.17) is 0 Å². The summed E-state index contributed by atoms with van der Waals surface area (Å²) < 4.78 is 0. The quantitative estimate of drug-likeness (QED) is 0.567. The average molecular weight is 365 g/mol. The van der Waals surface area contributed by atoms with Crippen molar-refractivity contribution in [1.29, 1.82) is 0 Å². The molecule has 0 N–H and O–H groups in total. The van der Waals surface area contributed by atoms with Gasteiger partial charge in [-0.1, -0.05) is 5.92 Å². The molecule has 142 valence electrons. The van der Waals surface area contributed by atoms with Crippen LogP contribution in [0.15, 0.2) is 12.1 Å². The number of hydrogen-bond acceptors (Lipinski definition) is 3. The van der Waals surface area contributed by atoms with Gasteiger partial charge in [0.05, 0.1) is 0 Å². The highest BCUT2D eigenvalue weighted by atomic mass is 16.2. The summed E-state index contributed by atoms with van der Waals surface area (Å²) in [6, 6.07) is 3.94. The number of Topliss-reactive ketones (excluding diaryl/α,β-unsaturated/α-hetero) is 2. The molecule has 1 atom stereocenters. The molecule has 0 radical (unpaired) electrons. The number of amides is 1. The van der Waals surface area contributed by atoms with Crippen LogP contribution in [0.1, 0.15) is 67.7 Å². The Hall–Kier alpha value is -2.41. The molecule has 2 aliphatic rings. The van der Waals surface area contributed by atoms with Crippen LogP contribution >= 0.6 is 0 Å². The molecule has 1 aliphatic carbocycles. The molecule has 4 heteroatoms. The minimum Gasteiger partial charge on any atom is -0.343 e. The predicted octanol–water partition coefficient (Wildman–Crippen LogP) is 3.32. The number of piperidine rings is 1. The van der Waals surface area contributed by atoms with Crippen LogP contribution < -0.4 is 0 Å². The van der Waals surface area contributed by atoms with Crippen molar-refractivity contribution in [2.45, 2.75) is 59.3 Å². The standard InChI is InChI=1S/C23H27NO3/c1-5-6-18-13-15(2)20(16(3)14-18)21-19(26)7-8-23(22(21)27)9-11-24(12-10-23)17(4)25/h13-14,21H,7-12H2,1-4H3. The maximum atomic E-state index is 13.6. The highest BCUT2D eigenvalue weighted by Gasteiger charge is 2.50. The average Bonchev–Trinajstić information content (AvgIpc) is 2.61. The van der Waals surface area contributed by atoms with Gasteiger partial charge >= 0.3 is 0 Å². The molecule has 0 bridgehead atoms. The van der Waals surface area contributed by atoms with Crippen LogP contribution in [0.5, 0.6) is 0 Å². The first kappa shape index (κ1) is 19.4. The minimum absolute atomic E-state index is 0.0279. The Morgan fingerprint density at radius 3 is 2.22 bits per heavy atom. The lowest BCUT2D eigenvalue weighted by Crippen LogP contribution is -2.51. The molecule has 1 aromatic rings. The second kappa shape index (κ2) is 7.31. The summed E-state index contributed by atoms with van der Waals surface area (Å²) in [5, 5.41) is 0. The summed E-state index contributed by atoms with van der Waals surface area (Å²) in [6.45, 7) is 8.49. The molecule has 1 spiro atoms. The van der Waals surface area contributed by atoms with Crippen molar-refractivity contribution in [2.24, 2.45) is 5.41 Å². The van der Waals surface area contributed by atoms with E-state index in [2.05, 4.69) is 11.8 Å². The van der Waals surface area contributed by atoms with Gasteiger partial charge in [-0.05, 0) is 68.9 Å². The number of rotatable bonds is 1. The molecule has 1 saturated heterocycles. The molecule has 4 nitrogen and oxygen atoms in total. The van der Waals surface area contributed by atoms with Crippen LogP contribution in [0.3, 0.4) is 0 Å². The topological polar surface area (TPSA) is 54.5 Å². The molecular weight excluding hydrogens is 338 g/mol. The van der Waals surface area contributed by atoms with Crippen LogP contribution in [-0.4, -0.2) is 35.5 Å². The first-order valence-electron chi connectivity index (χ1n) is 9.65. The van der Waals surface area contributed by atoms with E-state index in [1.54, 1.807) is 18.7 Å². The van der Waals surface area contributed by atoms with Gasteiger partial charge in [0.2, 0.25) is 5.91 Å². The van der Waals surface area contributed by atoms with Gasteiger partial charge in [0.15, 0.2) is 5.78 Å². The zero-order valence-electron chi connectivity index (χ0n) is 16.6. The third kappa shape index (κ3) is 3.43. The normalized spacial score (nSPS) is 21.8.